The van der Waals surface area contributed by atoms with Crippen molar-refractivity contribution in [3.8, 4) is 0 Å². The molecule has 0 fully saturated rings. The van der Waals surface area contributed by atoms with Crippen LogP contribution < -0.4 is 0 Å². The zero-order valence-corrected chi connectivity index (χ0v) is 9.52. The average molecular weight is 186 g/mol. The highest BCUT2D eigenvalue weighted by Gasteiger charge is 2.30. The molecule has 0 aliphatic heterocycles. The summed E-state index contributed by atoms with van der Waals surface area (Å²) < 4.78 is 4.76. The first kappa shape index (κ1) is 12.5. The lowest BCUT2D eigenvalue weighted by molar-refractivity contribution is -0.151. The first-order valence-corrected chi connectivity index (χ1v) is 5.02. The van der Waals surface area contributed by atoms with Gasteiger partial charge in [-0.1, -0.05) is 26.7 Å². The van der Waals surface area contributed by atoms with Crippen LogP contribution in [0.5, 0.6) is 0 Å². The summed E-state index contributed by atoms with van der Waals surface area (Å²) in [5.41, 5.74) is -0.330. The summed E-state index contributed by atoms with van der Waals surface area (Å²) in [6.45, 7) is 8.26. The van der Waals surface area contributed by atoms with E-state index in [9.17, 15) is 4.79 Å². The fourth-order valence-electron chi connectivity index (χ4n) is 1.83. The van der Waals surface area contributed by atoms with Gasteiger partial charge in [-0.2, -0.15) is 0 Å². The van der Waals surface area contributed by atoms with Crippen molar-refractivity contribution in [1.82, 2.24) is 0 Å². The number of hydrogen-bond donors (Lipinski definition) is 0. The third kappa shape index (κ3) is 4.30. The standard InChI is InChI=1S/C11H22O2/c1-6-7-9(2)8-11(3,4)10(12)13-5/h9H,6-8H2,1-5H3/t9-/m0/s1. The van der Waals surface area contributed by atoms with Gasteiger partial charge in [0.1, 0.15) is 0 Å². The Morgan fingerprint density at radius 2 is 2.00 bits per heavy atom. The second-order valence-electron chi connectivity index (χ2n) is 4.47. The molecule has 1 atom stereocenters. The lowest BCUT2D eigenvalue weighted by Gasteiger charge is -2.24. The van der Waals surface area contributed by atoms with E-state index >= 15 is 0 Å². The highest BCUT2D eigenvalue weighted by molar-refractivity contribution is 5.75. The van der Waals surface area contributed by atoms with Crippen LogP contribution in [0.15, 0.2) is 0 Å². The molecule has 0 amide bonds. The normalized spacial score (nSPS) is 13.9. The predicted octanol–water partition coefficient (Wildman–Crippen LogP) is 3.01. The van der Waals surface area contributed by atoms with Crippen molar-refractivity contribution in [2.75, 3.05) is 7.11 Å². The summed E-state index contributed by atoms with van der Waals surface area (Å²) in [5.74, 6) is 0.495. The molecule has 0 unspecified atom stereocenters. The fourth-order valence-corrected chi connectivity index (χ4v) is 1.83. The van der Waals surface area contributed by atoms with Gasteiger partial charge in [0.2, 0.25) is 0 Å². The van der Waals surface area contributed by atoms with Crippen molar-refractivity contribution in [3.63, 3.8) is 0 Å². The molecule has 0 radical (unpaired) electrons. The Balaban J connectivity index is 4.07. The van der Waals surface area contributed by atoms with Crippen molar-refractivity contribution in [3.05, 3.63) is 0 Å². The largest absolute Gasteiger partial charge is 0.469 e. The summed E-state index contributed by atoms with van der Waals surface area (Å²) >= 11 is 0. The van der Waals surface area contributed by atoms with Crippen molar-refractivity contribution in [2.45, 2.75) is 47.0 Å². The van der Waals surface area contributed by atoms with Gasteiger partial charge in [0, 0.05) is 0 Å². The number of hydrogen-bond acceptors (Lipinski definition) is 2. The number of ether oxygens (including phenoxy) is 1. The first-order valence-electron chi connectivity index (χ1n) is 5.02. The molecule has 0 aromatic carbocycles. The molecule has 13 heavy (non-hydrogen) atoms. The summed E-state index contributed by atoms with van der Waals surface area (Å²) in [6.07, 6.45) is 3.27. The minimum Gasteiger partial charge on any atom is -0.469 e. The molecule has 0 heterocycles. The number of rotatable bonds is 5. The van der Waals surface area contributed by atoms with Crippen LogP contribution in [0.2, 0.25) is 0 Å². The first-order chi connectivity index (χ1) is 5.94. The van der Waals surface area contributed by atoms with E-state index < -0.39 is 0 Å². The molecule has 0 spiro atoms. The zero-order chi connectivity index (χ0) is 10.5. The maximum absolute atomic E-state index is 11.4. The van der Waals surface area contributed by atoms with Gasteiger partial charge >= 0.3 is 5.97 Å². The van der Waals surface area contributed by atoms with E-state index in [0.717, 1.165) is 6.42 Å². The Bertz CT molecular complexity index is 161. The van der Waals surface area contributed by atoms with Gasteiger partial charge < -0.3 is 4.74 Å². The third-order valence-corrected chi connectivity index (χ3v) is 2.38. The molecule has 0 saturated heterocycles. The van der Waals surface area contributed by atoms with Crippen LogP contribution in [0.3, 0.4) is 0 Å². The van der Waals surface area contributed by atoms with Crippen LogP contribution in [-0.2, 0) is 9.53 Å². The number of esters is 1. The van der Waals surface area contributed by atoms with Gasteiger partial charge in [-0.15, -0.1) is 0 Å². The molecular formula is C11H22O2. The second-order valence-corrected chi connectivity index (χ2v) is 4.47. The lowest BCUT2D eigenvalue weighted by atomic mass is 9.82. The number of methoxy groups -OCH3 is 1. The molecule has 0 bridgehead atoms. The minimum atomic E-state index is -0.330. The van der Waals surface area contributed by atoms with Crippen LogP contribution in [0.1, 0.15) is 47.0 Å². The molecule has 0 rings (SSSR count). The van der Waals surface area contributed by atoms with Gasteiger partial charge in [0.15, 0.2) is 0 Å². The Labute approximate surface area is 81.7 Å². The summed E-state index contributed by atoms with van der Waals surface area (Å²) in [5, 5.41) is 0. The van der Waals surface area contributed by atoms with Gasteiger partial charge in [-0.05, 0) is 26.2 Å². The molecule has 78 valence electrons. The highest BCUT2D eigenvalue weighted by Crippen LogP contribution is 2.28. The average Bonchev–Trinajstić information content (AvgIpc) is 2.02. The van der Waals surface area contributed by atoms with Crippen LogP contribution in [0.25, 0.3) is 0 Å². The molecule has 0 aliphatic carbocycles. The third-order valence-electron chi connectivity index (χ3n) is 2.38. The maximum atomic E-state index is 11.4. The summed E-state index contributed by atoms with van der Waals surface area (Å²) in [7, 11) is 1.45. The van der Waals surface area contributed by atoms with Gasteiger partial charge in [-0.3, -0.25) is 4.79 Å². The Morgan fingerprint density at radius 3 is 2.38 bits per heavy atom. The van der Waals surface area contributed by atoms with Crippen LogP contribution in [0, 0.1) is 11.3 Å². The SMILES string of the molecule is CCC[C@H](C)CC(C)(C)C(=O)OC. The molecule has 0 N–H and O–H groups in total. The molecule has 0 aromatic rings. The smallest absolute Gasteiger partial charge is 0.311 e. The summed E-state index contributed by atoms with van der Waals surface area (Å²) in [6, 6.07) is 0. The molecular weight excluding hydrogens is 164 g/mol. The van der Waals surface area contributed by atoms with E-state index in [1.54, 1.807) is 0 Å². The van der Waals surface area contributed by atoms with Crippen molar-refractivity contribution in [2.24, 2.45) is 11.3 Å². The topological polar surface area (TPSA) is 26.3 Å². The van der Waals surface area contributed by atoms with E-state index in [1.165, 1.54) is 20.0 Å². The maximum Gasteiger partial charge on any atom is 0.311 e. The molecule has 0 aromatic heterocycles. The number of carbonyl (C=O) groups is 1. The van der Waals surface area contributed by atoms with Gasteiger partial charge in [-0.25, -0.2) is 0 Å². The Kier molecular flexibility index (Phi) is 5.04. The van der Waals surface area contributed by atoms with E-state index in [2.05, 4.69) is 13.8 Å². The minimum absolute atomic E-state index is 0.101. The predicted molar refractivity (Wildman–Crippen MR) is 54.5 cm³/mol. The van der Waals surface area contributed by atoms with E-state index in [1.807, 2.05) is 13.8 Å². The van der Waals surface area contributed by atoms with Crippen molar-refractivity contribution < 1.29 is 9.53 Å². The van der Waals surface area contributed by atoms with E-state index in [4.69, 9.17) is 4.74 Å². The van der Waals surface area contributed by atoms with Crippen LogP contribution >= 0.6 is 0 Å². The van der Waals surface area contributed by atoms with Gasteiger partial charge in [0.25, 0.3) is 0 Å². The Hall–Kier alpha value is -0.530. The molecule has 2 nitrogen and oxygen atoms in total. The molecule has 0 saturated carbocycles. The van der Waals surface area contributed by atoms with Gasteiger partial charge in [0.05, 0.1) is 12.5 Å². The van der Waals surface area contributed by atoms with E-state index in [-0.39, 0.29) is 11.4 Å². The van der Waals surface area contributed by atoms with Crippen LogP contribution in [-0.4, -0.2) is 13.1 Å². The van der Waals surface area contributed by atoms with E-state index in [0.29, 0.717) is 5.92 Å². The van der Waals surface area contributed by atoms with Crippen LogP contribution in [0.4, 0.5) is 0 Å². The summed E-state index contributed by atoms with van der Waals surface area (Å²) in [4.78, 5) is 11.4. The molecule has 0 aliphatic rings. The second kappa shape index (κ2) is 5.25. The fraction of sp³-hybridized carbons (Fsp3) is 0.909. The highest BCUT2D eigenvalue weighted by atomic mass is 16.5. The number of carbonyl (C=O) groups excluding carboxylic acids is 1. The zero-order valence-electron chi connectivity index (χ0n) is 9.52. The lowest BCUT2D eigenvalue weighted by Crippen LogP contribution is -2.27. The Morgan fingerprint density at radius 1 is 1.46 bits per heavy atom. The molecule has 2 heteroatoms. The van der Waals surface area contributed by atoms with Crippen molar-refractivity contribution >= 4 is 5.97 Å². The van der Waals surface area contributed by atoms with Crippen molar-refractivity contribution in [1.29, 1.82) is 0 Å². The monoisotopic (exact) mass is 186 g/mol. The quantitative estimate of drug-likeness (QED) is 0.617.